The Bertz CT molecular complexity index is 266. The topological polar surface area (TPSA) is 17.8 Å². The molecular weight excluding hydrogens is 180 g/mol. The minimum Gasteiger partial charge on any atom is -0.331 e. The first-order valence-corrected chi connectivity index (χ1v) is 5.27. The highest BCUT2D eigenvalue weighted by molar-refractivity contribution is 7.80. The third-order valence-electron chi connectivity index (χ3n) is 1.85. The molecule has 0 aromatic carbocycles. The summed E-state index contributed by atoms with van der Waals surface area (Å²) in [5, 5.41) is 0. The number of hydrogen-bond donors (Lipinski definition) is 1. The minimum absolute atomic E-state index is 0.803. The fourth-order valence-electron chi connectivity index (χ4n) is 1.22. The van der Waals surface area contributed by atoms with E-state index in [1.54, 1.807) is 0 Å². The largest absolute Gasteiger partial charge is 0.331 e. The number of nitrogens with zero attached hydrogens (tertiary/aromatic N) is 2. The van der Waals surface area contributed by atoms with Crippen molar-refractivity contribution in [1.29, 1.82) is 0 Å². The fraction of sp³-hybridized carbons (Fsp3) is 0.500. The normalized spacial score (nSPS) is 11.2. The van der Waals surface area contributed by atoms with Gasteiger partial charge in [-0.05, 0) is 6.42 Å². The first-order chi connectivity index (χ1) is 6.38. The zero-order valence-electron chi connectivity index (χ0n) is 7.98. The molecule has 1 aromatic heterocycles. The summed E-state index contributed by atoms with van der Waals surface area (Å²) < 4.78 is 2.17. The Kier molecular flexibility index (Phi) is 4.68. The molecule has 0 N–H and O–H groups in total. The van der Waals surface area contributed by atoms with Crippen molar-refractivity contribution in [3.05, 3.63) is 30.4 Å². The highest BCUT2D eigenvalue weighted by Gasteiger charge is 1.98. The summed E-state index contributed by atoms with van der Waals surface area (Å²) in [6, 6.07) is 0. The van der Waals surface area contributed by atoms with Crippen molar-refractivity contribution in [3.63, 3.8) is 0 Å². The number of imidazole rings is 1. The molecule has 1 aromatic rings. The smallest absolute Gasteiger partial charge is 0.108 e. The maximum Gasteiger partial charge on any atom is 0.108 e. The molecule has 1 heterocycles. The lowest BCUT2D eigenvalue weighted by Crippen LogP contribution is -2.00. The molecule has 0 unspecified atom stereocenters. The van der Waals surface area contributed by atoms with Crippen molar-refractivity contribution in [1.82, 2.24) is 9.55 Å². The predicted octanol–water partition coefficient (Wildman–Crippen LogP) is 2.32. The van der Waals surface area contributed by atoms with Gasteiger partial charge in [-0.2, -0.15) is 12.6 Å². The van der Waals surface area contributed by atoms with Gasteiger partial charge in [-0.15, -0.1) is 0 Å². The summed E-state index contributed by atoms with van der Waals surface area (Å²) >= 11 is 4.11. The highest BCUT2D eigenvalue weighted by Crippen LogP contribution is 2.01. The molecule has 13 heavy (non-hydrogen) atoms. The summed E-state index contributed by atoms with van der Waals surface area (Å²) in [6.07, 6.45) is 10.3. The van der Waals surface area contributed by atoms with Gasteiger partial charge in [-0.25, -0.2) is 4.98 Å². The zero-order valence-corrected chi connectivity index (χ0v) is 8.87. The number of aromatic nitrogens is 2. The SMILES string of the molecule is CCCc1nccn1CC=CCS. The van der Waals surface area contributed by atoms with Crippen molar-refractivity contribution in [2.45, 2.75) is 26.3 Å². The van der Waals surface area contributed by atoms with Gasteiger partial charge in [-0.1, -0.05) is 19.1 Å². The molecule has 3 heteroatoms. The molecular formula is C10H16N2S. The molecule has 0 saturated carbocycles. The lowest BCUT2D eigenvalue weighted by Gasteiger charge is -2.02. The van der Waals surface area contributed by atoms with Gasteiger partial charge >= 0.3 is 0 Å². The molecule has 0 saturated heterocycles. The Balaban J connectivity index is 2.54. The number of aryl methyl sites for hydroxylation is 1. The van der Waals surface area contributed by atoms with E-state index >= 15 is 0 Å². The molecule has 0 aliphatic carbocycles. The quantitative estimate of drug-likeness (QED) is 0.565. The van der Waals surface area contributed by atoms with Crippen LogP contribution in [0.4, 0.5) is 0 Å². The average Bonchev–Trinajstić information content (AvgIpc) is 2.54. The Morgan fingerprint density at radius 3 is 3.08 bits per heavy atom. The van der Waals surface area contributed by atoms with Gasteiger partial charge < -0.3 is 4.57 Å². The molecule has 2 nitrogen and oxygen atoms in total. The van der Waals surface area contributed by atoms with Crippen LogP contribution in [-0.4, -0.2) is 15.3 Å². The van der Waals surface area contributed by atoms with E-state index in [4.69, 9.17) is 0 Å². The van der Waals surface area contributed by atoms with Crippen LogP contribution >= 0.6 is 12.6 Å². The van der Waals surface area contributed by atoms with E-state index in [1.165, 1.54) is 5.82 Å². The number of hydrogen-bond acceptors (Lipinski definition) is 2. The summed E-state index contributed by atoms with van der Waals surface area (Å²) in [4.78, 5) is 4.29. The minimum atomic E-state index is 0.803. The predicted molar refractivity (Wildman–Crippen MR) is 59.2 cm³/mol. The molecule has 0 radical (unpaired) electrons. The van der Waals surface area contributed by atoms with Gasteiger partial charge in [0.15, 0.2) is 0 Å². The number of rotatable bonds is 5. The van der Waals surface area contributed by atoms with Crippen molar-refractivity contribution in [3.8, 4) is 0 Å². The van der Waals surface area contributed by atoms with Gasteiger partial charge in [0.2, 0.25) is 0 Å². The van der Waals surface area contributed by atoms with E-state index in [0.717, 1.165) is 25.1 Å². The molecule has 1 rings (SSSR count). The second-order valence-corrected chi connectivity index (χ2v) is 3.26. The molecule has 72 valence electrons. The lowest BCUT2D eigenvalue weighted by molar-refractivity contribution is 0.716. The first-order valence-electron chi connectivity index (χ1n) is 4.64. The van der Waals surface area contributed by atoms with Crippen LogP contribution in [0.25, 0.3) is 0 Å². The van der Waals surface area contributed by atoms with Crippen LogP contribution in [0, 0.1) is 0 Å². The van der Waals surface area contributed by atoms with Gasteiger partial charge in [-0.3, -0.25) is 0 Å². The molecule has 0 aliphatic heterocycles. The third-order valence-corrected chi connectivity index (χ3v) is 2.06. The van der Waals surface area contributed by atoms with Gasteiger partial charge in [0.25, 0.3) is 0 Å². The van der Waals surface area contributed by atoms with Crippen LogP contribution in [0.15, 0.2) is 24.5 Å². The van der Waals surface area contributed by atoms with E-state index in [2.05, 4.69) is 41.3 Å². The monoisotopic (exact) mass is 196 g/mol. The molecule has 0 amide bonds. The Morgan fingerprint density at radius 2 is 2.38 bits per heavy atom. The van der Waals surface area contributed by atoms with E-state index in [0.29, 0.717) is 0 Å². The first kappa shape index (κ1) is 10.4. The summed E-state index contributed by atoms with van der Waals surface area (Å²) in [5.74, 6) is 1.98. The van der Waals surface area contributed by atoms with Crippen molar-refractivity contribution in [2.75, 3.05) is 5.75 Å². The van der Waals surface area contributed by atoms with E-state index in [9.17, 15) is 0 Å². The second-order valence-electron chi connectivity index (χ2n) is 2.90. The highest BCUT2D eigenvalue weighted by atomic mass is 32.1. The molecule has 0 aliphatic rings. The molecule has 0 fully saturated rings. The fourth-order valence-corrected chi connectivity index (χ4v) is 1.37. The van der Waals surface area contributed by atoms with E-state index < -0.39 is 0 Å². The van der Waals surface area contributed by atoms with Gasteiger partial charge in [0.05, 0.1) is 0 Å². The van der Waals surface area contributed by atoms with Crippen LogP contribution in [-0.2, 0) is 13.0 Å². The van der Waals surface area contributed by atoms with Crippen LogP contribution in [0.1, 0.15) is 19.2 Å². The Morgan fingerprint density at radius 1 is 1.54 bits per heavy atom. The van der Waals surface area contributed by atoms with Crippen molar-refractivity contribution < 1.29 is 0 Å². The Labute approximate surface area is 85.1 Å². The lowest BCUT2D eigenvalue weighted by atomic mass is 10.3. The average molecular weight is 196 g/mol. The van der Waals surface area contributed by atoms with Gasteiger partial charge in [0.1, 0.15) is 5.82 Å². The molecule has 0 spiro atoms. The van der Waals surface area contributed by atoms with Crippen LogP contribution in [0.2, 0.25) is 0 Å². The second kappa shape index (κ2) is 5.86. The van der Waals surface area contributed by atoms with Crippen LogP contribution < -0.4 is 0 Å². The number of thiol groups is 1. The molecule has 0 atom stereocenters. The Hall–Kier alpha value is -0.700. The van der Waals surface area contributed by atoms with Crippen LogP contribution in [0.5, 0.6) is 0 Å². The summed E-state index contributed by atoms with van der Waals surface area (Å²) in [7, 11) is 0. The van der Waals surface area contributed by atoms with E-state index in [1.807, 2.05) is 12.4 Å². The maximum atomic E-state index is 4.29. The van der Waals surface area contributed by atoms with Crippen LogP contribution in [0.3, 0.4) is 0 Å². The van der Waals surface area contributed by atoms with Crippen molar-refractivity contribution >= 4 is 12.6 Å². The maximum absolute atomic E-state index is 4.29. The third kappa shape index (κ3) is 3.27. The zero-order chi connectivity index (χ0) is 9.52. The standard InChI is InChI=1S/C10H16N2S/c1-2-5-10-11-6-8-12(10)7-3-4-9-13/h3-4,6,8,13H,2,5,7,9H2,1H3. The molecule has 0 bridgehead atoms. The summed E-state index contributed by atoms with van der Waals surface area (Å²) in [5.41, 5.74) is 0. The van der Waals surface area contributed by atoms with E-state index in [-0.39, 0.29) is 0 Å². The number of allylic oxidation sites excluding steroid dienone is 1. The van der Waals surface area contributed by atoms with Gasteiger partial charge in [0, 0.05) is 31.1 Å². The van der Waals surface area contributed by atoms with Crippen molar-refractivity contribution in [2.24, 2.45) is 0 Å². The summed E-state index contributed by atoms with van der Waals surface area (Å²) in [6.45, 7) is 3.08.